The first kappa shape index (κ1) is 39.8. The van der Waals surface area contributed by atoms with Crippen molar-refractivity contribution in [3.63, 3.8) is 0 Å². The molecule has 0 amide bonds. The van der Waals surface area contributed by atoms with E-state index in [1.807, 2.05) is 72.8 Å². The SMILES string of the molecule is [2H]c1c(-n2c3c([2H])c([2H])c([2H])c([2H])c3c3c([2H])c([2H])c([2H])c([2H])c32)cc2c(c1[2H])B1c3c(cc(C(C)(C)C)cc3N(c3cccc4c3-c3ccccc3C43c4ccccc4-c4ccccc43)c3cc(-n4c5c([2H])c([2H])c([2H])c([2H])c5c5c([2H])c([2H])c([2H])c([2H])c54)c([2H])c([2H])c31)N2c1cccc2c1-c1ccccc1C21c2ccccc2-c2ccccc21. The molecular formula is C96H63BN4. The third kappa shape index (κ3) is 6.87. The molecule has 4 nitrogen and oxygen atoms in total. The Bertz CT molecular complexity index is 7140. The van der Waals surface area contributed by atoms with Crippen molar-refractivity contribution in [1.82, 2.24) is 9.13 Å². The third-order valence-corrected chi connectivity index (χ3v) is 22.6. The zero-order chi connectivity index (χ0) is 83.8. The van der Waals surface area contributed by atoms with Gasteiger partial charge in [0, 0.05) is 66.8 Å². The number of hydrogen-bond acceptors (Lipinski definition) is 2. The van der Waals surface area contributed by atoms with Gasteiger partial charge in [-0.2, -0.15) is 0 Å². The maximum absolute atomic E-state index is 11.4. The smallest absolute Gasteiger partial charge is 0.252 e. The second kappa shape index (κ2) is 19.7. The summed E-state index contributed by atoms with van der Waals surface area (Å²) in [6, 6.07) is 58.0. The minimum Gasteiger partial charge on any atom is -0.311 e. The van der Waals surface area contributed by atoms with Crippen LogP contribution in [0.5, 0.6) is 0 Å². The van der Waals surface area contributed by atoms with Crippen molar-refractivity contribution in [2.75, 3.05) is 9.80 Å². The van der Waals surface area contributed by atoms with Crippen molar-refractivity contribution in [1.29, 1.82) is 0 Å². The fourth-order valence-electron chi connectivity index (χ4n) is 18.8. The lowest BCUT2D eigenvalue weighted by molar-refractivity contribution is 0.590. The van der Waals surface area contributed by atoms with Gasteiger partial charge in [-0.3, -0.25) is 0 Å². The molecule has 4 heterocycles. The van der Waals surface area contributed by atoms with E-state index in [4.69, 9.17) is 5.48 Å². The summed E-state index contributed by atoms with van der Waals surface area (Å²) < 4.78 is 199. The molecule has 0 saturated heterocycles. The summed E-state index contributed by atoms with van der Waals surface area (Å²) in [4.78, 5) is 4.18. The van der Waals surface area contributed by atoms with Crippen molar-refractivity contribution < 1.29 is 27.4 Å². The van der Waals surface area contributed by atoms with Crippen LogP contribution >= 0.6 is 0 Å². The minimum atomic E-state index is -1.36. The summed E-state index contributed by atoms with van der Waals surface area (Å²) >= 11 is 0. The van der Waals surface area contributed by atoms with Crippen LogP contribution in [-0.2, 0) is 16.2 Å². The molecular weight excluding hydrogens is 1220 g/mol. The number of nitrogens with zero attached hydrogens (tertiary/aromatic N) is 4. The number of aromatic nitrogens is 2. The van der Waals surface area contributed by atoms with Crippen LogP contribution in [0, 0.1) is 0 Å². The molecule has 2 spiro atoms. The zero-order valence-corrected chi connectivity index (χ0v) is 54.5. The predicted octanol–water partition coefficient (Wildman–Crippen LogP) is 21.9. The monoisotopic (exact) mass is 1300 g/mol. The van der Waals surface area contributed by atoms with Crippen molar-refractivity contribution in [2.45, 2.75) is 37.0 Å². The average molecular weight is 1300 g/mol. The van der Waals surface area contributed by atoms with E-state index in [2.05, 4.69) is 152 Å². The average Bonchev–Trinajstić information content (AvgIpc) is 1.55. The number of fused-ring (bicyclic) bond motifs is 30. The molecule has 0 fully saturated rings. The Morgan fingerprint density at radius 2 is 0.604 bits per heavy atom. The van der Waals surface area contributed by atoms with Crippen LogP contribution in [0.1, 0.15) is 98.3 Å². The van der Waals surface area contributed by atoms with Gasteiger partial charge < -0.3 is 18.9 Å². The van der Waals surface area contributed by atoms with Crippen molar-refractivity contribution in [3.05, 3.63) is 377 Å². The van der Waals surface area contributed by atoms with Gasteiger partial charge in [0.25, 0.3) is 6.71 Å². The molecule has 23 rings (SSSR count). The van der Waals surface area contributed by atoms with Gasteiger partial charge in [0.05, 0.1) is 71.7 Å². The van der Waals surface area contributed by atoms with Gasteiger partial charge in [0.15, 0.2) is 0 Å². The van der Waals surface area contributed by atoms with Crippen LogP contribution in [0.25, 0.3) is 99.5 Å². The molecule has 0 atom stereocenters. The van der Waals surface area contributed by atoms with Gasteiger partial charge in [-0.25, -0.2) is 0 Å². The molecule has 2 aromatic heterocycles. The van der Waals surface area contributed by atoms with Crippen LogP contribution in [0.15, 0.2) is 327 Å². The molecule has 2 aliphatic heterocycles. The van der Waals surface area contributed by atoms with Crippen LogP contribution in [0.4, 0.5) is 34.1 Å². The summed E-state index contributed by atoms with van der Waals surface area (Å²) in [7, 11) is 0. The summed E-state index contributed by atoms with van der Waals surface area (Å²) in [6.45, 7) is 4.94. The fraction of sp³-hybridized carbons (Fsp3) is 0.0625. The molecule has 17 aromatic rings. The highest BCUT2D eigenvalue weighted by Crippen LogP contribution is 2.67. The number of para-hydroxylation sites is 4. The Kier molecular flexibility index (Phi) is 7.76. The first-order chi connectivity index (χ1) is 58.1. The number of hydrogen-bond donors (Lipinski definition) is 0. The van der Waals surface area contributed by atoms with Gasteiger partial charge >= 0.3 is 0 Å². The Labute approximate surface area is 614 Å². The molecule has 470 valence electrons. The third-order valence-electron chi connectivity index (χ3n) is 22.6. The Hall–Kier alpha value is -12.4. The quantitative estimate of drug-likeness (QED) is 0.163. The van der Waals surface area contributed by atoms with Crippen molar-refractivity contribution in [2.24, 2.45) is 0 Å². The predicted molar refractivity (Wildman–Crippen MR) is 420 cm³/mol. The molecule has 0 bridgehead atoms. The summed E-state index contributed by atoms with van der Waals surface area (Å²) in [6.07, 6.45) is 0. The van der Waals surface area contributed by atoms with Crippen molar-refractivity contribution >= 4 is 101 Å². The maximum atomic E-state index is 11.4. The first-order valence-electron chi connectivity index (χ1n) is 44.1. The molecule has 0 saturated carbocycles. The molecule has 101 heavy (non-hydrogen) atoms. The highest BCUT2D eigenvalue weighted by Gasteiger charge is 2.56. The van der Waals surface area contributed by atoms with Crippen LogP contribution in [-0.4, -0.2) is 15.8 Å². The standard InChI is InChI=1S/C96H63BN4/c1-94(2,3)58-54-89-93-90(55-58)101(86-49-25-43-78-92(86)70-35-9-19-41-76(70)96(78)73-38-16-6-28-63(73)64-29-7-17-39-74(64)96)88-57-60(99-83-46-22-12-32-67(83)68-33-13-23-47-84(68)99)51-53-80(88)97(93)79-52-50-59(98-81-44-20-10-30-65(81)66-31-11-21-45-82(66)98)56-87(79)100(89)85-48-24-42-77-91(85)69-34-8-18-40-75(69)95(77)71-36-14-4-26-61(71)62-27-5-15-37-72(62)95/h4-57H,1-3H3/i10D,11D,12D,13D,20D,21D,22D,23D,30D,31D,32D,33D,44D,45D,46D,47D,50D,51D,52D,53D. The van der Waals surface area contributed by atoms with Crippen LogP contribution in [0.3, 0.4) is 0 Å². The van der Waals surface area contributed by atoms with E-state index < -0.39 is 144 Å². The number of anilines is 6. The van der Waals surface area contributed by atoms with Gasteiger partial charge in [0.1, 0.15) is 0 Å². The second-order valence-electron chi connectivity index (χ2n) is 28.2. The molecule has 4 aliphatic carbocycles. The lowest BCUT2D eigenvalue weighted by Gasteiger charge is -2.46. The van der Waals surface area contributed by atoms with E-state index in [-0.39, 0.29) is 77.3 Å². The highest BCUT2D eigenvalue weighted by atomic mass is 15.2. The van der Waals surface area contributed by atoms with E-state index in [1.54, 1.807) is 12.1 Å². The van der Waals surface area contributed by atoms with Gasteiger partial charge in [0.2, 0.25) is 0 Å². The normalized spacial score (nSPS) is 17.4. The van der Waals surface area contributed by atoms with E-state index in [9.17, 15) is 21.9 Å². The van der Waals surface area contributed by atoms with E-state index >= 15 is 0 Å². The Balaban J connectivity index is 0.921. The van der Waals surface area contributed by atoms with Crippen LogP contribution in [0.2, 0.25) is 0 Å². The summed E-state index contributed by atoms with van der Waals surface area (Å²) in [5.41, 5.74) is 15.5. The fourth-order valence-corrected chi connectivity index (χ4v) is 18.8. The van der Waals surface area contributed by atoms with E-state index in [1.165, 1.54) is 9.13 Å². The molecule has 6 aliphatic rings. The number of rotatable bonds is 4. The largest absolute Gasteiger partial charge is 0.311 e. The van der Waals surface area contributed by atoms with Crippen molar-refractivity contribution in [3.8, 4) is 55.9 Å². The van der Waals surface area contributed by atoms with E-state index in [0.717, 1.165) is 94.6 Å². The first-order valence-corrected chi connectivity index (χ1v) is 34.1. The molecule has 0 unspecified atom stereocenters. The van der Waals surface area contributed by atoms with Gasteiger partial charge in [-0.1, -0.05) is 275 Å². The lowest BCUT2D eigenvalue weighted by atomic mass is 9.33. The lowest BCUT2D eigenvalue weighted by Crippen LogP contribution is -2.61. The summed E-state index contributed by atoms with van der Waals surface area (Å²) in [5, 5.41) is -0.967. The van der Waals surface area contributed by atoms with Crippen LogP contribution < -0.4 is 26.2 Å². The maximum Gasteiger partial charge on any atom is 0.252 e. The van der Waals surface area contributed by atoms with Gasteiger partial charge in [-0.05, 0) is 178 Å². The molecule has 0 radical (unpaired) electrons. The summed E-state index contributed by atoms with van der Waals surface area (Å²) in [5.74, 6) is 0. The minimum absolute atomic E-state index is 0.120. The second-order valence-corrected chi connectivity index (χ2v) is 28.2. The highest BCUT2D eigenvalue weighted by molar-refractivity contribution is 7.00. The van der Waals surface area contributed by atoms with E-state index in [0.29, 0.717) is 28.2 Å². The Morgan fingerprint density at radius 1 is 0.297 bits per heavy atom. The molecule has 15 aromatic carbocycles. The Morgan fingerprint density at radius 3 is 0.950 bits per heavy atom. The molecule has 5 heteroatoms. The topological polar surface area (TPSA) is 16.3 Å². The zero-order valence-electron chi connectivity index (χ0n) is 74.5. The molecule has 0 N–H and O–H groups in total. The number of benzene rings is 15. The van der Waals surface area contributed by atoms with Gasteiger partial charge in [-0.15, -0.1) is 0 Å².